The topological polar surface area (TPSA) is 83.8 Å². The number of amides is 1. The maximum atomic E-state index is 12.1. The summed E-state index contributed by atoms with van der Waals surface area (Å²) in [6.45, 7) is 0.506. The van der Waals surface area contributed by atoms with Crippen LogP contribution in [0, 0.1) is 5.92 Å². The Morgan fingerprint density at radius 2 is 2.30 bits per heavy atom. The van der Waals surface area contributed by atoms with E-state index in [-0.39, 0.29) is 24.4 Å². The second-order valence-electron chi connectivity index (χ2n) is 4.97. The lowest BCUT2D eigenvalue weighted by Gasteiger charge is -2.10. The number of nitrogens with two attached hydrogens (primary N) is 1. The number of nitrogens with one attached hydrogen (secondary N) is 2. The van der Waals surface area contributed by atoms with Gasteiger partial charge in [-0.25, -0.2) is 0 Å². The van der Waals surface area contributed by atoms with Crippen molar-refractivity contribution in [2.75, 3.05) is 6.54 Å². The number of hydrogen-bond donors (Lipinski definition) is 3. The fourth-order valence-corrected chi connectivity index (χ4v) is 2.51. The van der Waals surface area contributed by atoms with Crippen molar-refractivity contribution in [1.82, 2.24) is 15.5 Å². The van der Waals surface area contributed by atoms with Gasteiger partial charge in [0.1, 0.15) is 0 Å². The summed E-state index contributed by atoms with van der Waals surface area (Å²) in [6, 6.07) is 5.74. The highest BCUT2D eigenvalue weighted by molar-refractivity contribution is 9.10. The molecule has 7 heteroatoms. The molecule has 0 spiro atoms. The summed E-state index contributed by atoms with van der Waals surface area (Å²) in [5, 5.41) is 10.6. The second-order valence-corrected chi connectivity index (χ2v) is 5.89. The number of rotatable bonds is 4. The van der Waals surface area contributed by atoms with Gasteiger partial charge in [-0.3, -0.25) is 9.89 Å². The second kappa shape index (κ2) is 6.11. The van der Waals surface area contributed by atoms with E-state index in [9.17, 15) is 4.79 Å². The highest BCUT2D eigenvalue weighted by Gasteiger charge is 2.28. The van der Waals surface area contributed by atoms with Gasteiger partial charge in [0, 0.05) is 22.4 Å². The first kappa shape index (κ1) is 15.3. The van der Waals surface area contributed by atoms with Gasteiger partial charge in [-0.15, -0.1) is 12.4 Å². The number of hydrogen-bond acceptors (Lipinski definition) is 3. The summed E-state index contributed by atoms with van der Waals surface area (Å²) < 4.78 is 0.921. The Morgan fingerprint density at radius 1 is 1.55 bits per heavy atom. The van der Waals surface area contributed by atoms with Crippen molar-refractivity contribution in [1.29, 1.82) is 0 Å². The number of H-pyrrole nitrogens is 1. The van der Waals surface area contributed by atoms with Gasteiger partial charge >= 0.3 is 0 Å². The highest BCUT2D eigenvalue weighted by Crippen LogP contribution is 2.31. The van der Waals surface area contributed by atoms with Crippen LogP contribution in [0.3, 0.4) is 0 Å². The van der Waals surface area contributed by atoms with Gasteiger partial charge in [0.2, 0.25) is 0 Å². The Bertz CT molecular complexity index is 626. The lowest BCUT2D eigenvalue weighted by Crippen LogP contribution is -2.38. The fourth-order valence-electron chi connectivity index (χ4n) is 2.14. The summed E-state index contributed by atoms with van der Waals surface area (Å²) >= 11 is 3.40. The van der Waals surface area contributed by atoms with Gasteiger partial charge < -0.3 is 11.1 Å². The molecule has 20 heavy (non-hydrogen) atoms. The number of halogens is 2. The number of carbonyl (C=O) groups excluding carboxylic acids is 1. The molecule has 1 aliphatic carbocycles. The zero-order chi connectivity index (χ0) is 13.4. The predicted molar refractivity (Wildman–Crippen MR) is 84.1 cm³/mol. The summed E-state index contributed by atoms with van der Waals surface area (Å²) in [5.74, 6) is 0.394. The van der Waals surface area contributed by atoms with Crippen molar-refractivity contribution in [2.24, 2.45) is 11.7 Å². The maximum absolute atomic E-state index is 12.1. The van der Waals surface area contributed by atoms with Gasteiger partial charge in [-0.05, 0) is 37.0 Å². The molecule has 3 rings (SSSR count). The van der Waals surface area contributed by atoms with E-state index < -0.39 is 0 Å². The van der Waals surface area contributed by atoms with E-state index in [4.69, 9.17) is 5.73 Å². The average molecular weight is 360 g/mol. The lowest BCUT2D eigenvalue weighted by molar-refractivity contribution is 0.0947. The molecule has 1 aliphatic rings. The molecule has 2 aromatic rings. The molecular weight excluding hydrogens is 344 g/mol. The minimum atomic E-state index is -0.180. The van der Waals surface area contributed by atoms with Crippen molar-refractivity contribution in [2.45, 2.75) is 18.9 Å². The normalized spacial score (nSPS) is 15.7. The molecule has 1 heterocycles. The van der Waals surface area contributed by atoms with Crippen LogP contribution in [0.1, 0.15) is 23.3 Å². The van der Waals surface area contributed by atoms with Crippen molar-refractivity contribution in [3.63, 3.8) is 0 Å². The Kier molecular flexibility index (Phi) is 4.67. The van der Waals surface area contributed by atoms with Crippen LogP contribution in [-0.2, 0) is 0 Å². The molecule has 1 atom stereocenters. The minimum absolute atomic E-state index is 0. The van der Waals surface area contributed by atoms with E-state index in [1.165, 1.54) is 12.8 Å². The largest absolute Gasteiger partial charge is 0.349 e. The molecule has 0 aliphatic heterocycles. The van der Waals surface area contributed by atoms with Gasteiger partial charge in [-0.1, -0.05) is 15.9 Å². The number of carbonyl (C=O) groups is 1. The highest BCUT2D eigenvalue weighted by atomic mass is 79.9. The third-order valence-electron chi connectivity index (χ3n) is 3.47. The Hall–Kier alpha value is -1.11. The smallest absolute Gasteiger partial charge is 0.272 e. The van der Waals surface area contributed by atoms with E-state index in [2.05, 4.69) is 31.4 Å². The quantitative estimate of drug-likeness (QED) is 0.782. The van der Waals surface area contributed by atoms with E-state index in [0.29, 0.717) is 18.2 Å². The average Bonchev–Trinajstić information content (AvgIpc) is 3.16. The third-order valence-corrected chi connectivity index (χ3v) is 3.96. The molecule has 1 fully saturated rings. The Balaban J connectivity index is 0.00000147. The number of aromatic amines is 1. The number of aromatic nitrogens is 2. The summed E-state index contributed by atoms with van der Waals surface area (Å²) in [4.78, 5) is 12.1. The number of benzene rings is 1. The Morgan fingerprint density at radius 3 is 3.00 bits per heavy atom. The molecule has 1 aromatic carbocycles. The van der Waals surface area contributed by atoms with Crippen LogP contribution in [-0.4, -0.2) is 28.7 Å². The number of fused-ring (bicyclic) bond motifs is 1. The van der Waals surface area contributed by atoms with E-state index >= 15 is 0 Å². The van der Waals surface area contributed by atoms with Crippen LogP contribution >= 0.6 is 28.3 Å². The van der Waals surface area contributed by atoms with Crippen LogP contribution in [0.2, 0.25) is 0 Å². The van der Waals surface area contributed by atoms with Crippen LogP contribution in [0.25, 0.3) is 10.9 Å². The van der Waals surface area contributed by atoms with Gasteiger partial charge in [0.05, 0.1) is 5.52 Å². The summed E-state index contributed by atoms with van der Waals surface area (Å²) in [7, 11) is 0. The number of nitrogens with zero attached hydrogens (tertiary/aromatic N) is 1. The molecule has 1 amide bonds. The van der Waals surface area contributed by atoms with Gasteiger partial charge in [0.15, 0.2) is 5.69 Å². The van der Waals surface area contributed by atoms with E-state index in [1.807, 2.05) is 18.2 Å². The Labute approximate surface area is 131 Å². The molecule has 108 valence electrons. The maximum Gasteiger partial charge on any atom is 0.272 e. The molecule has 0 saturated heterocycles. The standard InChI is InChI=1S/C13H15BrN4O.ClH/c14-8-3-4-11-9(5-8)12(18-17-11)13(19)16-6-10(15)7-1-2-7;/h3-5,7,10H,1-2,6,15H2,(H,16,19)(H,17,18);1H. The first-order chi connectivity index (χ1) is 9.15. The lowest BCUT2D eigenvalue weighted by atomic mass is 10.2. The zero-order valence-electron chi connectivity index (χ0n) is 10.7. The monoisotopic (exact) mass is 358 g/mol. The predicted octanol–water partition coefficient (Wildman–Crippen LogP) is 2.21. The summed E-state index contributed by atoms with van der Waals surface area (Å²) in [5.41, 5.74) is 7.23. The molecule has 0 bridgehead atoms. The first-order valence-corrected chi connectivity index (χ1v) is 7.12. The van der Waals surface area contributed by atoms with Crippen LogP contribution < -0.4 is 11.1 Å². The van der Waals surface area contributed by atoms with Gasteiger partial charge in [0.25, 0.3) is 5.91 Å². The molecule has 5 nitrogen and oxygen atoms in total. The van der Waals surface area contributed by atoms with Crippen molar-refractivity contribution in [3.8, 4) is 0 Å². The van der Waals surface area contributed by atoms with Gasteiger partial charge in [-0.2, -0.15) is 5.10 Å². The van der Waals surface area contributed by atoms with Crippen LogP contribution in [0.4, 0.5) is 0 Å². The summed E-state index contributed by atoms with van der Waals surface area (Å²) in [6.07, 6.45) is 2.35. The third kappa shape index (κ3) is 3.13. The van der Waals surface area contributed by atoms with Crippen LogP contribution in [0.5, 0.6) is 0 Å². The van der Waals surface area contributed by atoms with E-state index in [0.717, 1.165) is 15.4 Å². The minimum Gasteiger partial charge on any atom is -0.349 e. The molecule has 4 N–H and O–H groups in total. The molecular formula is C13H16BrClN4O. The zero-order valence-corrected chi connectivity index (χ0v) is 13.1. The van der Waals surface area contributed by atoms with E-state index in [1.54, 1.807) is 0 Å². The SMILES string of the molecule is Cl.NC(CNC(=O)c1n[nH]c2ccc(Br)cc12)C1CC1. The fraction of sp³-hybridized carbons (Fsp3) is 0.385. The first-order valence-electron chi connectivity index (χ1n) is 6.32. The van der Waals surface area contributed by atoms with Crippen molar-refractivity contribution in [3.05, 3.63) is 28.4 Å². The molecule has 1 unspecified atom stereocenters. The molecule has 1 aromatic heterocycles. The van der Waals surface area contributed by atoms with Crippen molar-refractivity contribution >= 4 is 45.1 Å². The van der Waals surface area contributed by atoms with Crippen LogP contribution in [0.15, 0.2) is 22.7 Å². The van der Waals surface area contributed by atoms with Crippen molar-refractivity contribution < 1.29 is 4.79 Å². The molecule has 0 radical (unpaired) electrons. The molecule has 1 saturated carbocycles.